The standard InChI is InChI=1S/C23H20ClNO3/c1-2-16-5-10-20(11-6-16)25-14-18-7-12-22(21(24)13-18)28-15-17-3-8-19(9-4-17)23(26)27/h3-14H,2,15H2,1H3,(H,26,27). The minimum Gasteiger partial charge on any atom is -0.487 e. The number of carboxylic acid groups (broad SMARTS) is 1. The Hall–Kier alpha value is -3.11. The van der Waals surface area contributed by atoms with E-state index in [1.807, 2.05) is 18.2 Å². The molecular formula is C23H20ClNO3. The summed E-state index contributed by atoms with van der Waals surface area (Å²) < 4.78 is 5.74. The Labute approximate surface area is 169 Å². The van der Waals surface area contributed by atoms with Crippen LogP contribution in [0.5, 0.6) is 5.75 Å². The predicted molar refractivity (Wildman–Crippen MR) is 112 cm³/mol. The van der Waals surface area contributed by atoms with E-state index < -0.39 is 5.97 Å². The van der Waals surface area contributed by atoms with E-state index in [9.17, 15) is 4.79 Å². The Morgan fingerprint density at radius 1 is 1.04 bits per heavy atom. The van der Waals surface area contributed by atoms with Crippen molar-refractivity contribution in [3.8, 4) is 5.75 Å². The fourth-order valence-electron chi connectivity index (χ4n) is 2.59. The van der Waals surface area contributed by atoms with Gasteiger partial charge in [-0.3, -0.25) is 4.99 Å². The number of carbonyl (C=O) groups is 1. The second-order valence-electron chi connectivity index (χ2n) is 6.26. The van der Waals surface area contributed by atoms with Crippen molar-refractivity contribution >= 4 is 29.5 Å². The molecule has 0 aromatic heterocycles. The summed E-state index contributed by atoms with van der Waals surface area (Å²) in [6.07, 6.45) is 2.77. The van der Waals surface area contributed by atoms with Gasteiger partial charge in [0.25, 0.3) is 0 Å². The topological polar surface area (TPSA) is 58.9 Å². The van der Waals surface area contributed by atoms with Crippen LogP contribution in [-0.2, 0) is 13.0 Å². The molecule has 0 unspecified atom stereocenters. The lowest BCUT2D eigenvalue weighted by Gasteiger charge is -2.09. The summed E-state index contributed by atoms with van der Waals surface area (Å²) in [6.45, 7) is 2.42. The molecule has 3 rings (SSSR count). The SMILES string of the molecule is CCc1ccc(N=Cc2ccc(OCc3ccc(C(=O)O)cc3)c(Cl)c2)cc1. The zero-order valence-electron chi connectivity index (χ0n) is 15.4. The van der Waals surface area contributed by atoms with Crippen LogP contribution in [0, 0.1) is 0 Å². The van der Waals surface area contributed by atoms with Gasteiger partial charge in [-0.15, -0.1) is 0 Å². The predicted octanol–water partition coefficient (Wildman–Crippen LogP) is 5.93. The molecular weight excluding hydrogens is 374 g/mol. The van der Waals surface area contributed by atoms with E-state index in [0.717, 1.165) is 23.2 Å². The Balaban J connectivity index is 1.63. The van der Waals surface area contributed by atoms with Gasteiger partial charge >= 0.3 is 5.97 Å². The number of hydrogen-bond acceptors (Lipinski definition) is 3. The van der Waals surface area contributed by atoms with Crippen molar-refractivity contribution in [1.29, 1.82) is 0 Å². The molecule has 5 heteroatoms. The molecule has 0 atom stereocenters. The summed E-state index contributed by atoms with van der Waals surface area (Å²) in [7, 11) is 0. The number of carboxylic acids is 1. The monoisotopic (exact) mass is 393 g/mol. The normalized spacial score (nSPS) is 10.9. The molecule has 0 spiro atoms. The third kappa shape index (κ3) is 5.21. The van der Waals surface area contributed by atoms with Gasteiger partial charge in [-0.25, -0.2) is 4.79 Å². The lowest BCUT2D eigenvalue weighted by molar-refractivity contribution is 0.0697. The van der Waals surface area contributed by atoms with E-state index in [0.29, 0.717) is 17.4 Å². The molecule has 28 heavy (non-hydrogen) atoms. The molecule has 1 N–H and O–H groups in total. The van der Waals surface area contributed by atoms with Gasteiger partial charge in [0.1, 0.15) is 12.4 Å². The molecule has 3 aromatic carbocycles. The van der Waals surface area contributed by atoms with Gasteiger partial charge in [0.05, 0.1) is 16.3 Å². The van der Waals surface area contributed by atoms with Crippen molar-refractivity contribution in [3.05, 3.63) is 94.0 Å². The van der Waals surface area contributed by atoms with Gasteiger partial charge in [-0.1, -0.05) is 42.8 Å². The highest BCUT2D eigenvalue weighted by atomic mass is 35.5. The van der Waals surface area contributed by atoms with E-state index in [2.05, 4.69) is 24.0 Å². The zero-order chi connectivity index (χ0) is 19.9. The quantitative estimate of drug-likeness (QED) is 0.506. The molecule has 142 valence electrons. The number of aromatic carboxylic acids is 1. The molecule has 0 saturated heterocycles. The highest BCUT2D eigenvalue weighted by Crippen LogP contribution is 2.26. The molecule has 0 radical (unpaired) electrons. The Morgan fingerprint density at radius 3 is 2.32 bits per heavy atom. The van der Waals surface area contributed by atoms with Crippen LogP contribution >= 0.6 is 11.6 Å². The second-order valence-corrected chi connectivity index (χ2v) is 6.67. The molecule has 0 aliphatic carbocycles. The minimum atomic E-state index is -0.950. The molecule has 0 amide bonds. The van der Waals surface area contributed by atoms with Crippen LogP contribution in [0.4, 0.5) is 5.69 Å². The average molecular weight is 394 g/mol. The van der Waals surface area contributed by atoms with E-state index in [1.54, 1.807) is 42.6 Å². The van der Waals surface area contributed by atoms with E-state index in [4.69, 9.17) is 21.4 Å². The van der Waals surface area contributed by atoms with Gasteiger partial charge in [0.15, 0.2) is 0 Å². The summed E-state index contributed by atoms with van der Waals surface area (Å²) in [5.74, 6) is -0.387. The number of ether oxygens (including phenoxy) is 1. The van der Waals surface area contributed by atoms with Crippen LogP contribution in [0.3, 0.4) is 0 Å². The molecule has 0 saturated carbocycles. The Morgan fingerprint density at radius 2 is 1.71 bits per heavy atom. The van der Waals surface area contributed by atoms with Gasteiger partial charge in [-0.2, -0.15) is 0 Å². The lowest BCUT2D eigenvalue weighted by Crippen LogP contribution is -1.99. The highest BCUT2D eigenvalue weighted by Gasteiger charge is 2.05. The molecule has 4 nitrogen and oxygen atoms in total. The van der Waals surface area contributed by atoms with Crippen LogP contribution < -0.4 is 4.74 Å². The summed E-state index contributed by atoms with van der Waals surface area (Å²) >= 11 is 6.32. The molecule has 0 aliphatic heterocycles. The molecule has 0 fully saturated rings. The molecule has 0 bridgehead atoms. The van der Waals surface area contributed by atoms with E-state index in [-0.39, 0.29) is 5.56 Å². The number of rotatable bonds is 7. The number of aryl methyl sites for hydroxylation is 1. The van der Waals surface area contributed by atoms with Gasteiger partial charge < -0.3 is 9.84 Å². The number of nitrogens with zero attached hydrogens (tertiary/aromatic N) is 1. The van der Waals surface area contributed by atoms with Crippen molar-refractivity contribution in [1.82, 2.24) is 0 Å². The number of hydrogen-bond donors (Lipinski definition) is 1. The van der Waals surface area contributed by atoms with Crippen molar-refractivity contribution in [2.75, 3.05) is 0 Å². The van der Waals surface area contributed by atoms with Crippen LogP contribution in [0.15, 0.2) is 71.7 Å². The fraction of sp³-hybridized carbons (Fsp3) is 0.130. The first kappa shape index (κ1) is 19.6. The van der Waals surface area contributed by atoms with Crippen molar-refractivity contribution in [2.45, 2.75) is 20.0 Å². The van der Waals surface area contributed by atoms with Crippen LogP contribution in [0.1, 0.15) is 34.0 Å². The smallest absolute Gasteiger partial charge is 0.335 e. The van der Waals surface area contributed by atoms with E-state index in [1.165, 1.54) is 5.56 Å². The first-order valence-electron chi connectivity index (χ1n) is 8.92. The van der Waals surface area contributed by atoms with Crippen LogP contribution in [-0.4, -0.2) is 17.3 Å². The van der Waals surface area contributed by atoms with Gasteiger partial charge in [0, 0.05) is 6.21 Å². The lowest BCUT2D eigenvalue weighted by atomic mass is 10.1. The maximum absolute atomic E-state index is 10.9. The average Bonchev–Trinajstić information content (AvgIpc) is 2.72. The van der Waals surface area contributed by atoms with Gasteiger partial charge in [-0.05, 0) is 65.6 Å². The van der Waals surface area contributed by atoms with E-state index >= 15 is 0 Å². The van der Waals surface area contributed by atoms with Crippen LogP contribution in [0.25, 0.3) is 0 Å². The zero-order valence-corrected chi connectivity index (χ0v) is 16.2. The molecule has 0 heterocycles. The van der Waals surface area contributed by atoms with Crippen molar-refractivity contribution in [2.24, 2.45) is 4.99 Å². The fourth-order valence-corrected chi connectivity index (χ4v) is 2.83. The third-order valence-corrected chi connectivity index (χ3v) is 4.55. The summed E-state index contributed by atoms with van der Waals surface area (Å²) in [5, 5.41) is 9.42. The second kappa shape index (κ2) is 9.20. The number of aliphatic imine (C=N–C) groups is 1. The maximum Gasteiger partial charge on any atom is 0.335 e. The first-order chi connectivity index (χ1) is 13.5. The van der Waals surface area contributed by atoms with Crippen LogP contribution in [0.2, 0.25) is 5.02 Å². The first-order valence-corrected chi connectivity index (χ1v) is 9.30. The molecule has 0 aliphatic rings. The maximum atomic E-state index is 10.9. The summed E-state index contributed by atoms with van der Waals surface area (Å²) in [5.41, 5.74) is 4.15. The molecule has 3 aromatic rings. The van der Waals surface area contributed by atoms with Gasteiger partial charge in [0.2, 0.25) is 0 Å². The summed E-state index contributed by atoms with van der Waals surface area (Å²) in [4.78, 5) is 15.3. The number of benzene rings is 3. The Kier molecular flexibility index (Phi) is 6.45. The minimum absolute atomic E-state index is 0.245. The summed E-state index contributed by atoms with van der Waals surface area (Å²) in [6, 6.07) is 20.2. The third-order valence-electron chi connectivity index (χ3n) is 4.26. The largest absolute Gasteiger partial charge is 0.487 e. The highest BCUT2D eigenvalue weighted by molar-refractivity contribution is 6.32. The van der Waals surface area contributed by atoms with Crippen molar-refractivity contribution < 1.29 is 14.6 Å². The van der Waals surface area contributed by atoms with Crippen molar-refractivity contribution in [3.63, 3.8) is 0 Å². The Bertz CT molecular complexity index is 980. The number of halogens is 1.